The molecule has 4 nitrogen and oxygen atoms in total. The molecule has 64 heavy (non-hydrogen) atoms. The van der Waals surface area contributed by atoms with E-state index in [9.17, 15) is 0 Å². The van der Waals surface area contributed by atoms with Crippen LogP contribution in [0, 0.1) is 0 Å². The Kier molecular flexibility index (Phi) is 8.20. The quantitative estimate of drug-likeness (QED) is 0.116. The summed E-state index contributed by atoms with van der Waals surface area (Å²) in [6.07, 6.45) is 1.89. The predicted octanol–water partition coefficient (Wildman–Crippen LogP) is 11.8. The number of benzene rings is 9. The van der Waals surface area contributed by atoms with Crippen molar-refractivity contribution in [3.05, 3.63) is 243 Å². The molecule has 4 aromatic heterocycles. The van der Waals surface area contributed by atoms with E-state index in [0.29, 0.717) is 0 Å². The van der Waals surface area contributed by atoms with Gasteiger partial charge in [-0.05, 0) is 93.5 Å². The normalized spacial score (nSPS) is 12.1. The Morgan fingerprint density at radius 1 is 0.266 bits per heavy atom. The molecule has 0 saturated carbocycles. The minimum Gasteiger partial charge on any atom is -0.309 e. The summed E-state index contributed by atoms with van der Waals surface area (Å²) in [5, 5.41) is 12.7. The number of hydrogen-bond donors (Lipinski definition) is 0. The van der Waals surface area contributed by atoms with E-state index in [1.807, 2.05) is 12.3 Å². The summed E-state index contributed by atoms with van der Waals surface area (Å²) in [6, 6.07) is 87.3. The molecule has 0 N–H and O–H groups in total. The van der Waals surface area contributed by atoms with Crippen LogP contribution < -0.4 is 20.7 Å². The van der Waals surface area contributed by atoms with Crippen molar-refractivity contribution in [2.75, 3.05) is 0 Å². The van der Waals surface area contributed by atoms with Crippen molar-refractivity contribution in [1.29, 1.82) is 0 Å². The summed E-state index contributed by atoms with van der Waals surface area (Å²) in [5.74, 6) is 0. The smallest absolute Gasteiger partial charge is 0.179 e. The van der Waals surface area contributed by atoms with Crippen molar-refractivity contribution in [1.82, 2.24) is 18.7 Å². The molecule has 0 atom stereocenters. The van der Waals surface area contributed by atoms with E-state index >= 15 is 0 Å². The summed E-state index contributed by atoms with van der Waals surface area (Å²) >= 11 is 0. The van der Waals surface area contributed by atoms with Gasteiger partial charge in [-0.2, -0.15) is 0 Å². The van der Waals surface area contributed by atoms with Gasteiger partial charge in [0.05, 0.1) is 27.6 Å². The topological polar surface area (TPSA) is 27.7 Å². The molecule has 0 unspecified atom stereocenters. The lowest BCUT2D eigenvalue weighted by atomic mass is 10.1. The second-order valence-electron chi connectivity index (χ2n) is 16.7. The summed E-state index contributed by atoms with van der Waals surface area (Å²) in [6.45, 7) is 0. The van der Waals surface area contributed by atoms with Gasteiger partial charge < -0.3 is 9.13 Å². The van der Waals surface area contributed by atoms with Gasteiger partial charge in [-0.15, -0.1) is 0 Å². The maximum absolute atomic E-state index is 4.91. The Balaban J connectivity index is 1.03. The van der Waals surface area contributed by atoms with Crippen LogP contribution in [-0.2, 0) is 0 Å². The van der Waals surface area contributed by atoms with Gasteiger partial charge in [-0.25, -0.2) is 4.98 Å². The number of aromatic nitrogens is 4. The molecule has 0 amide bonds. The first-order chi connectivity index (χ1) is 31.8. The lowest BCUT2D eigenvalue weighted by Gasteiger charge is -2.34. The number of hydrogen-bond acceptors (Lipinski definition) is 1. The van der Waals surface area contributed by atoms with Gasteiger partial charge in [0.25, 0.3) is 0 Å². The maximum Gasteiger partial charge on any atom is 0.179 e. The van der Waals surface area contributed by atoms with Crippen LogP contribution in [0.3, 0.4) is 0 Å². The summed E-state index contributed by atoms with van der Waals surface area (Å²) in [5.41, 5.74) is 10.1. The largest absolute Gasteiger partial charge is 0.309 e. The predicted molar refractivity (Wildman–Crippen MR) is 271 cm³/mol. The average molecular weight is 833 g/mol. The van der Waals surface area contributed by atoms with Gasteiger partial charge in [0, 0.05) is 55.6 Å². The summed E-state index contributed by atoms with van der Waals surface area (Å²) < 4.78 is 7.22. The minimum atomic E-state index is -2.75. The highest BCUT2D eigenvalue weighted by Gasteiger charge is 2.41. The fourth-order valence-corrected chi connectivity index (χ4v) is 15.5. The Morgan fingerprint density at radius 2 is 0.703 bits per heavy atom. The molecule has 0 radical (unpaired) electrons. The number of rotatable bonds is 7. The molecule has 13 aromatic rings. The van der Waals surface area contributed by atoms with Crippen molar-refractivity contribution in [3.8, 4) is 17.1 Å². The zero-order valence-electron chi connectivity index (χ0n) is 34.9. The van der Waals surface area contributed by atoms with Crippen LogP contribution in [0.4, 0.5) is 0 Å². The molecule has 0 spiro atoms. The van der Waals surface area contributed by atoms with Gasteiger partial charge in [-0.1, -0.05) is 164 Å². The second kappa shape index (κ2) is 14.4. The molecule has 0 aliphatic carbocycles. The van der Waals surface area contributed by atoms with Crippen molar-refractivity contribution in [3.63, 3.8) is 0 Å². The van der Waals surface area contributed by atoms with Crippen molar-refractivity contribution >= 4 is 94.4 Å². The second-order valence-corrected chi connectivity index (χ2v) is 20.5. The Hall–Kier alpha value is -8.25. The first-order valence-electron chi connectivity index (χ1n) is 22.0. The highest BCUT2D eigenvalue weighted by Crippen LogP contribution is 2.39. The van der Waals surface area contributed by atoms with E-state index in [0.717, 1.165) is 39.1 Å². The van der Waals surface area contributed by atoms with Gasteiger partial charge in [0.1, 0.15) is 5.65 Å². The van der Waals surface area contributed by atoms with Crippen LogP contribution in [0.15, 0.2) is 243 Å². The zero-order chi connectivity index (χ0) is 42.2. The minimum absolute atomic E-state index is 0.959. The maximum atomic E-state index is 4.91. The summed E-state index contributed by atoms with van der Waals surface area (Å²) in [7, 11) is -2.75. The monoisotopic (exact) mass is 832 g/mol. The van der Waals surface area contributed by atoms with Crippen LogP contribution in [-0.4, -0.2) is 26.8 Å². The third-order valence-electron chi connectivity index (χ3n) is 13.4. The molecule has 300 valence electrons. The van der Waals surface area contributed by atoms with Gasteiger partial charge >= 0.3 is 0 Å². The SMILES string of the molecule is c1ccc([Si](c2ccccc2)(c2ccccc2)c2cccc(-n3c4ccccc4c4cc(-n5c6ccccc6c6ccc(-n7c8ccccc8c8cccnc87)cc65)ccc43)c2)cc1. The van der Waals surface area contributed by atoms with E-state index in [-0.39, 0.29) is 0 Å². The third-order valence-corrected chi connectivity index (χ3v) is 18.2. The lowest BCUT2D eigenvalue weighted by Crippen LogP contribution is -2.74. The molecular weight excluding hydrogens is 793 g/mol. The fraction of sp³-hybridized carbons (Fsp3) is 0. The van der Waals surface area contributed by atoms with E-state index in [1.54, 1.807) is 0 Å². The molecule has 9 aromatic carbocycles. The molecule has 5 heteroatoms. The number of pyridine rings is 1. The molecule has 13 rings (SSSR count). The van der Waals surface area contributed by atoms with E-state index in [1.165, 1.54) is 64.2 Å². The zero-order valence-corrected chi connectivity index (χ0v) is 35.9. The van der Waals surface area contributed by atoms with Crippen molar-refractivity contribution < 1.29 is 0 Å². The Labute approximate surface area is 371 Å². The molecule has 4 heterocycles. The van der Waals surface area contributed by atoms with Crippen LogP contribution >= 0.6 is 0 Å². The number of para-hydroxylation sites is 3. The van der Waals surface area contributed by atoms with Crippen LogP contribution in [0.2, 0.25) is 0 Å². The van der Waals surface area contributed by atoms with E-state index in [2.05, 4.69) is 244 Å². The molecule has 0 aliphatic heterocycles. The average Bonchev–Trinajstić information content (AvgIpc) is 4.01. The van der Waals surface area contributed by atoms with Gasteiger partial charge in [0.15, 0.2) is 8.07 Å². The Morgan fingerprint density at radius 3 is 1.34 bits per heavy atom. The third kappa shape index (κ3) is 5.31. The molecule has 0 saturated heterocycles. The number of fused-ring (bicyclic) bond motifs is 9. The van der Waals surface area contributed by atoms with Crippen LogP contribution in [0.25, 0.3) is 82.6 Å². The summed E-state index contributed by atoms with van der Waals surface area (Å²) in [4.78, 5) is 4.91. The van der Waals surface area contributed by atoms with Crippen LogP contribution in [0.1, 0.15) is 0 Å². The highest BCUT2D eigenvalue weighted by molar-refractivity contribution is 7.19. The van der Waals surface area contributed by atoms with Gasteiger partial charge in [0.2, 0.25) is 0 Å². The Bertz CT molecular complexity index is 3750. The van der Waals surface area contributed by atoms with Crippen LogP contribution in [0.5, 0.6) is 0 Å². The van der Waals surface area contributed by atoms with Crippen molar-refractivity contribution in [2.24, 2.45) is 0 Å². The van der Waals surface area contributed by atoms with Gasteiger partial charge in [-0.3, -0.25) is 4.57 Å². The number of nitrogens with zero attached hydrogens (tertiary/aromatic N) is 4. The fourth-order valence-electron chi connectivity index (χ4n) is 10.8. The van der Waals surface area contributed by atoms with E-state index < -0.39 is 8.07 Å². The standard InChI is InChI=1S/C59H40N4Si/c1-4-19-44(20-5-1)64(45-21-6-2-7-22-45,46-23-8-3-9-24-46)47-25-16-18-41(38-47)61-55-31-14-12-28-50(55)53-39-42(34-36-57(53)61)62-54-30-13-10-26-48(54)51-35-33-43(40-58(51)62)63-56-32-15-11-27-49(56)52-29-17-37-60-59(52)63/h1-40H. The van der Waals surface area contributed by atoms with Crippen molar-refractivity contribution in [2.45, 2.75) is 0 Å². The first-order valence-corrected chi connectivity index (χ1v) is 24.0. The van der Waals surface area contributed by atoms with E-state index in [4.69, 9.17) is 4.98 Å². The highest BCUT2D eigenvalue weighted by atomic mass is 28.3. The first kappa shape index (κ1) is 36.4. The molecule has 0 fully saturated rings. The molecule has 0 bridgehead atoms. The molecular formula is C59H40N4Si. The lowest BCUT2D eigenvalue weighted by molar-refractivity contribution is 1.13. The molecule has 0 aliphatic rings.